The number of hydrogen-bond donors (Lipinski definition) is 1. The Balaban J connectivity index is 2.06. The second kappa shape index (κ2) is 7.52. The summed E-state index contributed by atoms with van der Waals surface area (Å²) in [6.45, 7) is 2.22. The first-order valence-electron chi connectivity index (χ1n) is 5.76. The molecular weight excluding hydrogens is 210 g/mol. The summed E-state index contributed by atoms with van der Waals surface area (Å²) < 4.78 is 1.02. The number of nitrogens with one attached hydrogen (secondary N) is 1. The van der Waals surface area contributed by atoms with E-state index in [1.54, 1.807) is 0 Å². The first-order valence-corrected chi connectivity index (χ1v) is 7.15. The Bertz CT molecular complexity index is 165. The molecule has 1 aliphatic carbocycles. The van der Waals surface area contributed by atoms with Gasteiger partial charge in [0.1, 0.15) is 4.32 Å². The molecule has 0 atom stereocenters. The van der Waals surface area contributed by atoms with Crippen LogP contribution in [0.3, 0.4) is 0 Å². The van der Waals surface area contributed by atoms with Crippen LogP contribution >= 0.6 is 24.0 Å². The van der Waals surface area contributed by atoms with Crippen molar-refractivity contribution in [1.82, 2.24) is 5.32 Å². The van der Waals surface area contributed by atoms with Gasteiger partial charge in [0.25, 0.3) is 0 Å². The quantitative estimate of drug-likeness (QED) is 0.585. The molecule has 1 aliphatic rings. The molecule has 0 saturated heterocycles. The van der Waals surface area contributed by atoms with Gasteiger partial charge in [-0.2, -0.15) is 0 Å². The van der Waals surface area contributed by atoms with Crippen LogP contribution in [0.25, 0.3) is 0 Å². The van der Waals surface area contributed by atoms with Crippen LogP contribution < -0.4 is 5.32 Å². The molecule has 1 rings (SSSR count). The van der Waals surface area contributed by atoms with Crippen molar-refractivity contribution in [3.8, 4) is 0 Å². The zero-order valence-electron chi connectivity index (χ0n) is 9.05. The lowest BCUT2D eigenvalue weighted by Gasteiger charge is -2.23. The van der Waals surface area contributed by atoms with Crippen molar-refractivity contribution in [1.29, 1.82) is 0 Å². The lowest BCUT2D eigenvalue weighted by Crippen LogP contribution is -2.33. The first kappa shape index (κ1) is 12.3. The monoisotopic (exact) mass is 231 g/mol. The zero-order chi connectivity index (χ0) is 10.2. The average molecular weight is 231 g/mol. The van der Waals surface area contributed by atoms with Crippen molar-refractivity contribution in [2.75, 3.05) is 5.75 Å². The van der Waals surface area contributed by atoms with E-state index in [1.165, 1.54) is 50.7 Å². The molecule has 0 aromatic rings. The number of hydrogen-bond acceptors (Lipinski definition) is 2. The lowest BCUT2D eigenvalue weighted by atomic mass is 9.96. The normalized spacial score (nSPS) is 18.1. The van der Waals surface area contributed by atoms with Gasteiger partial charge in [0, 0.05) is 11.8 Å². The van der Waals surface area contributed by atoms with Crippen LogP contribution in [0.5, 0.6) is 0 Å². The maximum atomic E-state index is 5.30. The summed E-state index contributed by atoms with van der Waals surface area (Å²) in [7, 11) is 0. The van der Waals surface area contributed by atoms with Crippen LogP contribution in [0.2, 0.25) is 0 Å². The Morgan fingerprint density at radius 1 is 1.36 bits per heavy atom. The fraction of sp³-hybridized carbons (Fsp3) is 0.909. The topological polar surface area (TPSA) is 12.0 Å². The highest BCUT2D eigenvalue weighted by molar-refractivity contribution is 8.22. The highest BCUT2D eigenvalue weighted by Gasteiger charge is 2.13. The Hall–Kier alpha value is 0.240. The molecule has 0 bridgehead atoms. The summed E-state index contributed by atoms with van der Waals surface area (Å²) in [6.07, 6.45) is 9.33. The van der Waals surface area contributed by atoms with E-state index in [1.807, 2.05) is 11.8 Å². The van der Waals surface area contributed by atoms with E-state index in [4.69, 9.17) is 12.2 Å². The molecule has 82 valence electrons. The molecule has 0 spiro atoms. The standard InChI is InChI=1S/C11H21NS2/c1-2-3-9-14-11(13)12-10-7-5-4-6-8-10/h10H,2-9H2,1H3,(H,12,13). The smallest absolute Gasteiger partial charge is 0.133 e. The Kier molecular flexibility index (Phi) is 6.61. The van der Waals surface area contributed by atoms with Gasteiger partial charge in [-0.1, -0.05) is 56.6 Å². The maximum Gasteiger partial charge on any atom is 0.133 e. The first-order chi connectivity index (χ1) is 6.83. The molecule has 0 aromatic heterocycles. The maximum absolute atomic E-state index is 5.30. The summed E-state index contributed by atoms with van der Waals surface area (Å²) in [5.41, 5.74) is 0. The van der Waals surface area contributed by atoms with E-state index in [2.05, 4.69) is 12.2 Å². The van der Waals surface area contributed by atoms with Crippen molar-refractivity contribution in [3.63, 3.8) is 0 Å². The molecule has 1 fully saturated rings. The van der Waals surface area contributed by atoms with Gasteiger partial charge in [0.15, 0.2) is 0 Å². The second-order valence-corrected chi connectivity index (χ2v) is 5.74. The van der Waals surface area contributed by atoms with Gasteiger partial charge in [0.2, 0.25) is 0 Å². The molecule has 14 heavy (non-hydrogen) atoms. The van der Waals surface area contributed by atoms with Gasteiger partial charge < -0.3 is 5.32 Å². The molecule has 0 aromatic carbocycles. The average Bonchev–Trinajstić information content (AvgIpc) is 2.20. The molecular formula is C11H21NS2. The minimum atomic E-state index is 0.672. The SMILES string of the molecule is CCCCSC(=S)NC1CCCCC1. The van der Waals surface area contributed by atoms with Gasteiger partial charge in [-0.15, -0.1) is 0 Å². The largest absolute Gasteiger partial charge is 0.368 e. The summed E-state index contributed by atoms with van der Waals surface area (Å²) in [5.74, 6) is 1.18. The van der Waals surface area contributed by atoms with E-state index in [0.29, 0.717) is 6.04 Å². The lowest BCUT2D eigenvalue weighted by molar-refractivity contribution is 0.416. The minimum absolute atomic E-state index is 0.672. The number of thiocarbonyl (C=S) groups is 1. The van der Waals surface area contributed by atoms with Gasteiger partial charge in [-0.25, -0.2) is 0 Å². The molecule has 0 radical (unpaired) electrons. The molecule has 0 amide bonds. The van der Waals surface area contributed by atoms with Crippen LogP contribution in [0.4, 0.5) is 0 Å². The van der Waals surface area contributed by atoms with Crippen LogP contribution in [-0.4, -0.2) is 16.1 Å². The van der Waals surface area contributed by atoms with E-state index in [-0.39, 0.29) is 0 Å². The zero-order valence-corrected chi connectivity index (χ0v) is 10.7. The van der Waals surface area contributed by atoms with Crippen molar-refractivity contribution in [2.45, 2.75) is 57.9 Å². The summed E-state index contributed by atoms with van der Waals surface area (Å²) in [4.78, 5) is 0. The Morgan fingerprint density at radius 2 is 2.07 bits per heavy atom. The van der Waals surface area contributed by atoms with Crippen LogP contribution in [0.15, 0.2) is 0 Å². The van der Waals surface area contributed by atoms with E-state index in [0.717, 1.165) is 4.32 Å². The van der Waals surface area contributed by atoms with E-state index < -0.39 is 0 Å². The van der Waals surface area contributed by atoms with Crippen LogP contribution in [0.1, 0.15) is 51.9 Å². The molecule has 3 heteroatoms. The third kappa shape index (κ3) is 5.20. The van der Waals surface area contributed by atoms with Crippen molar-refractivity contribution < 1.29 is 0 Å². The predicted molar refractivity (Wildman–Crippen MR) is 70.0 cm³/mol. The molecule has 0 aliphatic heterocycles. The minimum Gasteiger partial charge on any atom is -0.368 e. The van der Waals surface area contributed by atoms with Crippen LogP contribution in [0, 0.1) is 0 Å². The van der Waals surface area contributed by atoms with Gasteiger partial charge in [-0.05, 0) is 19.3 Å². The molecule has 0 unspecified atom stereocenters. The molecule has 0 heterocycles. The third-order valence-electron chi connectivity index (χ3n) is 2.66. The number of rotatable bonds is 4. The van der Waals surface area contributed by atoms with Gasteiger partial charge >= 0.3 is 0 Å². The molecule has 1 nitrogen and oxygen atoms in total. The fourth-order valence-electron chi connectivity index (χ4n) is 1.76. The number of unbranched alkanes of at least 4 members (excludes halogenated alkanes) is 1. The molecule has 1 N–H and O–H groups in total. The van der Waals surface area contributed by atoms with Crippen molar-refractivity contribution in [3.05, 3.63) is 0 Å². The second-order valence-electron chi connectivity index (χ2n) is 3.97. The summed E-state index contributed by atoms with van der Waals surface area (Å²) in [5, 5.41) is 3.47. The van der Waals surface area contributed by atoms with Gasteiger partial charge in [0.05, 0.1) is 0 Å². The number of thioether (sulfide) groups is 1. The fourth-order valence-corrected chi connectivity index (χ4v) is 3.05. The van der Waals surface area contributed by atoms with E-state index in [9.17, 15) is 0 Å². The predicted octanol–water partition coefficient (Wildman–Crippen LogP) is 3.73. The molecule has 1 saturated carbocycles. The Morgan fingerprint density at radius 3 is 2.71 bits per heavy atom. The van der Waals surface area contributed by atoms with Crippen LogP contribution in [-0.2, 0) is 0 Å². The summed E-state index contributed by atoms with van der Waals surface area (Å²) >= 11 is 7.12. The highest BCUT2D eigenvalue weighted by atomic mass is 32.2. The highest BCUT2D eigenvalue weighted by Crippen LogP contribution is 2.18. The summed E-state index contributed by atoms with van der Waals surface area (Å²) in [6, 6.07) is 0.672. The Labute approximate surface area is 97.4 Å². The third-order valence-corrected chi connectivity index (χ3v) is 4.00. The van der Waals surface area contributed by atoms with E-state index >= 15 is 0 Å². The van der Waals surface area contributed by atoms with Gasteiger partial charge in [-0.3, -0.25) is 0 Å². The van der Waals surface area contributed by atoms with Crippen molar-refractivity contribution >= 4 is 28.3 Å². The van der Waals surface area contributed by atoms with Crippen molar-refractivity contribution in [2.24, 2.45) is 0 Å².